The standard InChI is InChI=1S/C36H38Cl3N3O4S/c1-24-11-15-29(19-25(24)2)42(47(45,46)30-16-13-28(37)14-17-30)23-34(43)41(22-27-12-18-31(38)32(39)20-27)33(35(44)40-36(3,4)5)21-26-9-7-6-8-10-26/h6-20,33H,21-23H2,1-5H3,(H,40,44)/t33-/m1/s1. The number of hydrogen-bond donors (Lipinski definition) is 1. The molecule has 4 aromatic carbocycles. The van der Waals surface area contributed by atoms with Crippen LogP contribution in [0.15, 0.2) is 95.9 Å². The van der Waals surface area contributed by atoms with E-state index in [0.29, 0.717) is 21.3 Å². The predicted octanol–water partition coefficient (Wildman–Crippen LogP) is 8.01. The lowest BCUT2D eigenvalue weighted by Gasteiger charge is -2.35. The molecule has 0 fully saturated rings. The van der Waals surface area contributed by atoms with Gasteiger partial charge in [-0.3, -0.25) is 13.9 Å². The highest BCUT2D eigenvalue weighted by molar-refractivity contribution is 7.92. The van der Waals surface area contributed by atoms with Crippen LogP contribution in [0.1, 0.15) is 43.0 Å². The average molecular weight is 715 g/mol. The first-order chi connectivity index (χ1) is 22.0. The summed E-state index contributed by atoms with van der Waals surface area (Å²) in [6, 6.07) is 24.3. The summed E-state index contributed by atoms with van der Waals surface area (Å²) in [6.45, 7) is 8.75. The van der Waals surface area contributed by atoms with E-state index in [2.05, 4.69) is 5.32 Å². The third-order valence-corrected chi connectivity index (χ3v) is 10.3. The summed E-state index contributed by atoms with van der Waals surface area (Å²) in [7, 11) is -4.26. The number of amides is 2. The molecule has 1 atom stereocenters. The third kappa shape index (κ3) is 9.51. The van der Waals surface area contributed by atoms with Crippen LogP contribution in [0.5, 0.6) is 0 Å². The van der Waals surface area contributed by atoms with Gasteiger partial charge in [-0.05, 0) is 105 Å². The van der Waals surface area contributed by atoms with E-state index in [1.807, 2.05) is 71.0 Å². The molecule has 248 valence electrons. The minimum Gasteiger partial charge on any atom is -0.350 e. The number of benzene rings is 4. The zero-order valence-corrected chi connectivity index (χ0v) is 30.0. The molecular weight excluding hydrogens is 677 g/mol. The minimum absolute atomic E-state index is 0.0322. The summed E-state index contributed by atoms with van der Waals surface area (Å²) < 4.78 is 29.5. The van der Waals surface area contributed by atoms with E-state index in [9.17, 15) is 18.0 Å². The van der Waals surface area contributed by atoms with Crippen LogP contribution < -0.4 is 9.62 Å². The Labute approximate surface area is 292 Å². The fraction of sp³-hybridized carbons (Fsp3) is 0.278. The highest BCUT2D eigenvalue weighted by atomic mass is 35.5. The summed E-state index contributed by atoms with van der Waals surface area (Å²) in [5.41, 5.74) is 2.97. The molecule has 0 bridgehead atoms. The Balaban J connectivity index is 1.85. The number of carbonyl (C=O) groups excluding carboxylic acids is 2. The molecule has 0 heterocycles. The second-order valence-electron chi connectivity index (χ2n) is 12.4. The van der Waals surface area contributed by atoms with E-state index < -0.39 is 34.1 Å². The molecule has 0 aromatic heterocycles. The zero-order chi connectivity index (χ0) is 34.5. The van der Waals surface area contributed by atoms with Crippen LogP contribution in [0.4, 0.5) is 5.69 Å². The van der Waals surface area contributed by atoms with E-state index >= 15 is 0 Å². The molecule has 47 heavy (non-hydrogen) atoms. The summed E-state index contributed by atoms with van der Waals surface area (Å²) in [4.78, 5) is 30.0. The molecule has 4 aromatic rings. The Kier molecular flexibility index (Phi) is 11.7. The number of hydrogen-bond acceptors (Lipinski definition) is 4. The number of carbonyl (C=O) groups is 2. The maximum Gasteiger partial charge on any atom is 0.264 e. The molecule has 0 aliphatic rings. The van der Waals surface area contributed by atoms with Crippen molar-refractivity contribution < 1.29 is 18.0 Å². The summed E-state index contributed by atoms with van der Waals surface area (Å²) >= 11 is 18.6. The number of sulfonamides is 1. The Morgan fingerprint density at radius 2 is 1.45 bits per heavy atom. The van der Waals surface area contributed by atoms with Crippen molar-refractivity contribution >= 4 is 62.3 Å². The molecule has 7 nitrogen and oxygen atoms in total. The van der Waals surface area contributed by atoms with E-state index in [-0.39, 0.29) is 28.8 Å². The lowest BCUT2D eigenvalue weighted by atomic mass is 10.0. The number of nitrogens with zero attached hydrogens (tertiary/aromatic N) is 2. The summed E-state index contributed by atoms with van der Waals surface area (Å²) in [5, 5.41) is 4.02. The van der Waals surface area contributed by atoms with Crippen molar-refractivity contribution in [3.63, 3.8) is 0 Å². The first-order valence-corrected chi connectivity index (χ1v) is 17.6. The maximum absolute atomic E-state index is 14.6. The van der Waals surface area contributed by atoms with Gasteiger partial charge in [-0.2, -0.15) is 0 Å². The van der Waals surface area contributed by atoms with Crippen molar-refractivity contribution in [2.45, 2.75) is 64.1 Å². The van der Waals surface area contributed by atoms with Gasteiger partial charge in [-0.25, -0.2) is 8.42 Å². The Hall–Kier alpha value is -3.56. The van der Waals surface area contributed by atoms with Gasteiger partial charge in [0.2, 0.25) is 11.8 Å². The molecule has 1 N–H and O–H groups in total. The third-order valence-electron chi connectivity index (χ3n) is 7.57. The molecule has 11 heteroatoms. The molecule has 2 amide bonds. The molecule has 4 rings (SSSR count). The van der Waals surface area contributed by atoms with Gasteiger partial charge >= 0.3 is 0 Å². The quantitative estimate of drug-likeness (QED) is 0.171. The number of aryl methyl sites for hydroxylation is 2. The highest BCUT2D eigenvalue weighted by Crippen LogP contribution is 2.29. The first-order valence-electron chi connectivity index (χ1n) is 15.0. The zero-order valence-electron chi connectivity index (χ0n) is 26.9. The maximum atomic E-state index is 14.6. The molecule has 0 saturated carbocycles. The molecule has 0 aliphatic heterocycles. The molecule has 0 unspecified atom stereocenters. The Bertz CT molecular complexity index is 1840. The molecule has 0 radical (unpaired) electrons. The molecular formula is C36H38Cl3N3O4S. The van der Waals surface area contributed by atoms with Gasteiger partial charge in [0.1, 0.15) is 12.6 Å². The first kappa shape index (κ1) is 36.3. The van der Waals surface area contributed by atoms with E-state index in [1.165, 1.54) is 29.2 Å². The average Bonchev–Trinajstić information content (AvgIpc) is 3.00. The summed E-state index contributed by atoms with van der Waals surface area (Å²) in [6.07, 6.45) is 0.184. The lowest BCUT2D eigenvalue weighted by molar-refractivity contribution is -0.140. The largest absolute Gasteiger partial charge is 0.350 e. The van der Waals surface area contributed by atoms with Crippen molar-refractivity contribution in [2.24, 2.45) is 0 Å². The van der Waals surface area contributed by atoms with Crippen LogP contribution >= 0.6 is 34.8 Å². The van der Waals surface area contributed by atoms with Crippen molar-refractivity contribution in [2.75, 3.05) is 10.8 Å². The second kappa shape index (κ2) is 15.1. The minimum atomic E-state index is -4.26. The summed E-state index contributed by atoms with van der Waals surface area (Å²) in [5.74, 6) is -0.968. The normalized spacial score (nSPS) is 12.3. The monoisotopic (exact) mass is 713 g/mol. The van der Waals surface area contributed by atoms with Crippen LogP contribution in [0, 0.1) is 13.8 Å². The van der Waals surface area contributed by atoms with Crippen molar-refractivity contribution in [3.05, 3.63) is 128 Å². The van der Waals surface area contributed by atoms with Crippen LogP contribution in [-0.4, -0.2) is 43.3 Å². The SMILES string of the molecule is Cc1ccc(N(CC(=O)N(Cc2ccc(Cl)c(Cl)c2)[C@H](Cc2ccccc2)C(=O)NC(C)(C)C)S(=O)(=O)c2ccc(Cl)cc2)cc1C. The van der Waals surface area contributed by atoms with Gasteiger partial charge in [0.05, 0.1) is 20.6 Å². The van der Waals surface area contributed by atoms with Gasteiger partial charge in [0, 0.05) is 23.5 Å². The Morgan fingerprint density at radius 1 is 0.787 bits per heavy atom. The lowest BCUT2D eigenvalue weighted by Crippen LogP contribution is -2.56. The number of halogens is 3. The van der Waals surface area contributed by atoms with E-state index in [0.717, 1.165) is 21.0 Å². The Morgan fingerprint density at radius 3 is 2.04 bits per heavy atom. The van der Waals surface area contributed by atoms with Crippen molar-refractivity contribution in [1.82, 2.24) is 10.2 Å². The number of anilines is 1. The van der Waals surface area contributed by atoms with Gasteiger partial charge in [-0.1, -0.05) is 77.3 Å². The van der Waals surface area contributed by atoms with Crippen LogP contribution in [-0.2, 0) is 32.6 Å². The van der Waals surface area contributed by atoms with Crippen molar-refractivity contribution in [3.8, 4) is 0 Å². The van der Waals surface area contributed by atoms with E-state index in [1.54, 1.807) is 30.3 Å². The second-order valence-corrected chi connectivity index (χ2v) is 15.6. The molecule has 0 aliphatic carbocycles. The van der Waals surface area contributed by atoms with Gasteiger partial charge in [-0.15, -0.1) is 0 Å². The van der Waals surface area contributed by atoms with Gasteiger partial charge < -0.3 is 10.2 Å². The predicted molar refractivity (Wildman–Crippen MR) is 191 cm³/mol. The van der Waals surface area contributed by atoms with Crippen molar-refractivity contribution in [1.29, 1.82) is 0 Å². The van der Waals surface area contributed by atoms with Crippen LogP contribution in [0.25, 0.3) is 0 Å². The number of rotatable bonds is 11. The fourth-order valence-electron chi connectivity index (χ4n) is 4.98. The number of nitrogens with one attached hydrogen (secondary N) is 1. The fourth-order valence-corrected chi connectivity index (χ4v) is 6.84. The van der Waals surface area contributed by atoms with E-state index in [4.69, 9.17) is 34.8 Å². The van der Waals surface area contributed by atoms with Gasteiger partial charge in [0.25, 0.3) is 10.0 Å². The highest BCUT2D eigenvalue weighted by Gasteiger charge is 2.35. The topological polar surface area (TPSA) is 86.8 Å². The van der Waals surface area contributed by atoms with Crippen LogP contribution in [0.2, 0.25) is 15.1 Å². The van der Waals surface area contributed by atoms with Crippen LogP contribution in [0.3, 0.4) is 0 Å². The smallest absolute Gasteiger partial charge is 0.264 e. The molecule has 0 spiro atoms. The molecule has 0 saturated heterocycles. The van der Waals surface area contributed by atoms with Gasteiger partial charge in [0.15, 0.2) is 0 Å².